The van der Waals surface area contributed by atoms with Crippen LogP contribution in [0.4, 0.5) is 18.0 Å². The van der Waals surface area contributed by atoms with Gasteiger partial charge in [-0.2, -0.15) is 24.9 Å². The van der Waals surface area contributed by atoms with Gasteiger partial charge in [0.05, 0.1) is 17.6 Å². The van der Waals surface area contributed by atoms with E-state index in [1.54, 1.807) is 0 Å². The van der Waals surface area contributed by atoms with E-state index in [1.807, 2.05) is 103 Å². The quantitative estimate of drug-likeness (QED) is 0.119. The summed E-state index contributed by atoms with van der Waals surface area (Å²) < 4.78 is 45.6. The Balaban J connectivity index is 1.28. The highest BCUT2D eigenvalue weighted by Gasteiger charge is 2.58. The van der Waals surface area contributed by atoms with Crippen molar-refractivity contribution in [3.63, 3.8) is 0 Å². The van der Waals surface area contributed by atoms with Gasteiger partial charge in [-0.1, -0.05) is 115 Å². The molecular weight excluding hydrogens is 664 g/mol. The molecule has 0 aliphatic carbocycles. The van der Waals surface area contributed by atoms with Crippen molar-refractivity contribution in [2.45, 2.75) is 43.3 Å². The van der Waals surface area contributed by atoms with Gasteiger partial charge in [0, 0.05) is 12.3 Å². The van der Waals surface area contributed by atoms with Gasteiger partial charge in [-0.25, -0.2) is 4.79 Å². The Morgan fingerprint density at radius 1 is 0.900 bits per heavy atom. The molecule has 4 aromatic rings. The van der Waals surface area contributed by atoms with Crippen LogP contribution in [-0.4, -0.2) is 63.9 Å². The van der Waals surface area contributed by atoms with E-state index in [0.717, 1.165) is 35.2 Å². The maximum atomic E-state index is 14.3. The van der Waals surface area contributed by atoms with Gasteiger partial charge in [0.1, 0.15) is 18.7 Å². The minimum atomic E-state index is -4.52. The molecule has 0 saturated carbocycles. The number of amides is 3. The largest absolute Gasteiger partial charge is 0.447 e. The van der Waals surface area contributed by atoms with Crippen molar-refractivity contribution in [3.8, 4) is 0 Å². The smallest absolute Gasteiger partial charge is 0.416 e. The van der Waals surface area contributed by atoms with Gasteiger partial charge >= 0.3 is 12.3 Å². The average Bonchev–Trinajstić information content (AvgIpc) is 3.51. The van der Waals surface area contributed by atoms with Gasteiger partial charge < -0.3 is 15.0 Å². The van der Waals surface area contributed by atoms with E-state index in [-0.39, 0.29) is 24.5 Å². The number of carbonyl (C=O) groups excluding carboxylic acids is 3. The summed E-state index contributed by atoms with van der Waals surface area (Å²) in [4.78, 5) is 44.4. The standard InChI is InChI=1S/C39H36F3N3O4S/c40-39(41,42)31-18-10-15-29(23-31)24-43-36(46)34(26-50-22-21-28-13-6-2-7-14-28)44-32(20-19-27-11-4-1-5-12-27)35(37(44)47)45-33(25-49-38(45)48)30-16-8-3-9-17-30/h1-20,23,32-35H,21-22,24-26H2,(H,43,46)/b20-19+/t32-,33-,34-,35+/m1/s1. The number of rotatable bonds is 13. The van der Waals surface area contributed by atoms with Crippen LogP contribution in [0.25, 0.3) is 6.08 Å². The van der Waals surface area contributed by atoms with Crippen LogP contribution in [0.3, 0.4) is 0 Å². The van der Waals surface area contributed by atoms with E-state index < -0.39 is 53.8 Å². The SMILES string of the molecule is O=C(NCc1cccc(C(F)(F)F)c1)[C@@H](CSCCc1ccccc1)N1C(=O)[C@@H](N2C(=O)OC[C@@H]2c2ccccc2)[C@H]1/C=C/c1ccccc1. The minimum Gasteiger partial charge on any atom is -0.447 e. The zero-order valence-electron chi connectivity index (χ0n) is 27.0. The summed E-state index contributed by atoms with van der Waals surface area (Å²) in [5.74, 6) is 0.00645. The van der Waals surface area contributed by atoms with Crippen LogP contribution < -0.4 is 5.32 Å². The number of carbonyl (C=O) groups is 3. The lowest BCUT2D eigenvalue weighted by molar-refractivity contribution is -0.161. The molecule has 0 unspecified atom stereocenters. The maximum Gasteiger partial charge on any atom is 0.416 e. The zero-order chi connectivity index (χ0) is 35.1. The third kappa shape index (κ3) is 8.05. The fourth-order valence-corrected chi connectivity index (χ4v) is 7.36. The van der Waals surface area contributed by atoms with Gasteiger partial charge in [-0.3, -0.25) is 14.5 Å². The van der Waals surface area contributed by atoms with Gasteiger partial charge in [0.25, 0.3) is 0 Å². The van der Waals surface area contributed by atoms with Gasteiger partial charge in [-0.05, 0) is 46.6 Å². The van der Waals surface area contributed by atoms with Crippen molar-refractivity contribution < 1.29 is 32.3 Å². The van der Waals surface area contributed by atoms with E-state index in [4.69, 9.17) is 4.74 Å². The number of halogens is 3. The molecule has 258 valence electrons. The number of ether oxygens (including phenoxy) is 1. The number of cyclic esters (lactones) is 1. The van der Waals surface area contributed by atoms with Crippen LogP contribution in [0.1, 0.15) is 33.9 Å². The third-order valence-corrected chi connectivity index (χ3v) is 9.89. The number of hydrogen-bond acceptors (Lipinski definition) is 5. The Kier molecular flexibility index (Phi) is 10.9. The minimum absolute atomic E-state index is 0.0813. The number of benzene rings is 4. The Labute approximate surface area is 293 Å². The molecule has 0 aromatic heterocycles. The van der Waals surface area contributed by atoms with Crippen LogP contribution in [0.2, 0.25) is 0 Å². The van der Waals surface area contributed by atoms with Crippen molar-refractivity contribution >= 4 is 35.7 Å². The maximum absolute atomic E-state index is 14.3. The highest BCUT2D eigenvalue weighted by molar-refractivity contribution is 7.99. The monoisotopic (exact) mass is 699 g/mol. The molecule has 0 bridgehead atoms. The van der Waals surface area contributed by atoms with Crippen LogP contribution in [0.15, 0.2) is 121 Å². The predicted octanol–water partition coefficient (Wildman–Crippen LogP) is 7.15. The molecule has 0 spiro atoms. The fraction of sp³-hybridized carbons (Fsp3) is 0.256. The summed E-state index contributed by atoms with van der Waals surface area (Å²) in [6.45, 7) is -0.0730. The molecule has 2 fully saturated rings. The van der Waals surface area contributed by atoms with Gasteiger partial charge in [0.2, 0.25) is 11.8 Å². The molecule has 4 atom stereocenters. The second kappa shape index (κ2) is 15.7. The summed E-state index contributed by atoms with van der Waals surface area (Å²) >= 11 is 1.51. The number of likely N-dealkylation sites (tertiary alicyclic amines) is 1. The predicted molar refractivity (Wildman–Crippen MR) is 187 cm³/mol. The molecule has 6 rings (SSSR count). The molecule has 3 amide bonds. The lowest BCUT2D eigenvalue weighted by Gasteiger charge is -2.52. The number of β-lactam (4-membered cyclic amide) rings is 1. The molecular formula is C39H36F3N3O4S. The van der Waals surface area contributed by atoms with Gasteiger partial charge in [0.15, 0.2) is 0 Å². The lowest BCUT2D eigenvalue weighted by atomic mass is 9.88. The van der Waals surface area contributed by atoms with Crippen LogP contribution in [0, 0.1) is 0 Å². The van der Waals surface area contributed by atoms with E-state index in [2.05, 4.69) is 5.32 Å². The molecule has 11 heteroatoms. The highest BCUT2D eigenvalue weighted by atomic mass is 32.2. The molecule has 7 nitrogen and oxygen atoms in total. The van der Waals surface area contributed by atoms with Crippen molar-refractivity contribution in [3.05, 3.63) is 149 Å². The number of aryl methyl sites for hydroxylation is 1. The average molecular weight is 700 g/mol. The number of nitrogens with one attached hydrogen (secondary N) is 1. The summed E-state index contributed by atoms with van der Waals surface area (Å²) in [6, 6.07) is 30.4. The first kappa shape index (κ1) is 34.8. The molecule has 4 aromatic carbocycles. The van der Waals surface area contributed by atoms with Crippen molar-refractivity contribution in [1.29, 1.82) is 0 Å². The molecule has 1 N–H and O–H groups in total. The number of hydrogen-bond donors (Lipinski definition) is 1. The first-order chi connectivity index (χ1) is 24.2. The van der Waals surface area contributed by atoms with E-state index >= 15 is 0 Å². The summed E-state index contributed by atoms with van der Waals surface area (Å²) in [5.41, 5.74) is 2.30. The Bertz CT molecular complexity index is 1810. The number of thioether (sulfide) groups is 1. The van der Waals surface area contributed by atoms with Crippen molar-refractivity contribution in [2.24, 2.45) is 0 Å². The second-order valence-electron chi connectivity index (χ2n) is 12.1. The molecule has 2 aliphatic rings. The first-order valence-electron chi connectivity index (χ1n) is 16.3. The van der Waals surface area contributed by atoms with E-state index in [1.165, 1.54) is 33.7 Å². The Morgan fingerprint density at radius 3 is 2.26 bits per heavy atom. The molecule has 50 heavy (non-hydrogen) atoms. The van der Waals surface area contributed by atoms with Crippen LogP contribution in [-0.2, 0) is 33.5 Å². The molecule has 2 saturated heterocycles. The zero-order valence-corrected chi connectivity index (χ0v) is 27.9. The van der Waals surface area contributed by atoms with E-state index in [9.17, 15) is 27.6 Å². The lowest BCUT2D eigenvalue weighted by Crippen LogP contribution is -2.74. The fourth-order valence-electron chi connectivity index (χ4n) is 6.28. The molecule has 2 heterocycles. The Hall–Kier alpha value is -5.03. The normalized spacial score (nSPS) is 19.7. The van der Waals surface area contributed by atoms with Crippen LogP contribution in [0.5, 0.6) is 0 Å². The third-order valence-electron chi connectivity index (χ3n) is 8.85. The molecule has 2 aliphatic heterocycles. The Morgan fingerprint density at radius 2 is 1.56 bits per heavy atom. The number of alkyl halides is 3. The summed E-state index contributed by atoms with van der Waals surface area (Å²) in [7, 11) is 0. The highest BCUT2D eigenvalue weighted by Crippen LogP contribution is 2.39. The topological polar surface area (TPSA) is 79.0 Å². The van der Waals surface area contributed by atoms with Crippen molar-refractivity contribution in [1.82, 2.24) is 15.1 Å². The van der Waals surface area contributed by atoms with Gasteiger partial charge in [-0.15, -0.1) is 0 Å². The van der Waals surface area contributed by atoms with E-state index in [0.29, 0.717) is 5.75 Å². The number of nitrogens with zero attached hydrogens (tertiary/aromatic N) is 2. The first-order valence-corrected chi connectivity index (χ1v) is 17.5. The summed E-state index contributed by atoms with van der Waals surface area (Å²) in [5, 5.41) is 2.79. The van der Waals surface area contributed by atoms with Crippen molar-refractivity contribution in [2.75, 3.05) is 18.1 Å². The van der Waals surface area contributed by atoms with Crippen LogP contribution >= 0.6 is 11.8 Å². The second-order valence-corrected chi connectivity index (χ2v) is 13.3. The molecule has 0 radical (unpaired) electrons. The summed E-state index contributed by atoms with van der Waals surface area (Å²) in [6.07, 6.45) is -0.704.